The lowest BCUT2D eigenvalue weighted by atomic mass is 10.0. The minimum atomic E-state index is -4.65. The van der Waals surface area contributed by atoms with Gasteiger partial charge in [-0.05, 0) is 29.9 Å². The smallest absolute Gasteiger partial charge is 0.573 e. The Bertz CT molecular complexity index is 577. The van der Waals surface area contributed by atoms with E-state index in [1.54, 1.807) is 12.1 Å². The molecule has 1 aliphatic heterocycles. The van der Waals surface area contributed by atoms with Gasteiger partial charge in [0.05, 0.1) is 0 Å². The maximum absolute atomic E-state index is 12.3. The molecule has 0 amide bonds. The molecule has 0 bridgehead atoms. The minimum absolute atomic E-state index is 0.175. The number of benzene rings is 1. The predicted molar refractivity (Wildman–Crippen MR) is 96.0 cm³/mol. The van der Waals surface area contributed by atoms with Crippen LogP contribution in [0.2, 0.25) is 0 Å². The van der Waals surface area contributed by atoms with E-state index in [9.17, 15) is 13.2 Å². The van der Waals surface area contributed by atoms with Crippen molar-refractivity contribution in [1.82, 2.24) is 4.90 Å². The fraction of sp³-hybridized carbons (Fsp3) is 0.700. The summed E-state index contributed by atoms with van der Waals surface area (Å²) in [6.07, 6.45) is -2.15. The van der Waals surface area contributed by atoms with Crippen molar-refractivity contribution in [1.29, 1.82) is 0 Å². The second kappa shape index (κ2) is 8.17. The van der Waals surface area contributed by atoms with Crippen molar-refractivity contribution in [2.24, 2.45) is 23.7 Å². The molecule has 3 rings (SSSR count). The lowest BCUT2D eigenvalue weighted by Crippen LogP contribution is -2.30. The fourth-order valence-corrected chi connectivity index (χ4v) is 4.25. The van der Waals surface area contributed by atoms with E-state index in [0.717, 1.165) is 29.9 Å². The molecule has 1 saturated carbocycles. The largest absolute Gasteiger partial charge is 0.658 e. The highest BCUT2D eigenvalue weighted by molar-refractivity contribution is 5.30. The number of halogens is 3. The highest BCUT2D eigenvalue weighted by Gasteiger charge is 2.53. The summed E-state index contributed by atoms with van der Waals surface area (Å²) in [6.45, 7) is 9.39. The first-order valence-corrected chi connectivity index (χ1v) is 9.59. The van der Waals surface area contributed by atoms with E-state index in [1.165, 1.54) is 44.6 Å². The number of rotatable bonds is 9. The van der Waals surface area contributed by atoms with Crippen molar-refractivity contribution < 1.29 is 17.9 Å². The van der Waals surface area contributed by atoms with Crippen LogP contribution in [0.3, 0.4) is 0 Å². The molecule has 2 unspecified atom stereocenters. The molecule has 1 aromatic rings. The summed E-state index contributed by atoms with van der Waals surface area (Å²) in [4.78, 5) is 2.60. The number of piperidine rings is 1. The Morgan fingerprint density at radius 2 is 1.88 bits per heavy atom. The normalized spacial score (nSPS) is 25.5. The van der Waals surface area contributed by atoms with Crippen molar-refractivity contribution in [3.05, 3.63) is 35.1 Å². The Morgan fingerprint density at radius 3 is 2.50 bits per heavy atom. The molecule has 2 aliphatic rings. The number of nitrogens with zero attached hydrogens (tertiary/aromatic N) is 2. The lowest BCUT2D eigenvalue weighted by Gasteiger charge is -2.26. The maximum Gasteiger partial charge on any atom is 0.573 e. The molecular formula is C20H28F3N2O-. The van der Waals surface area contributed by atoms with Gasteiger partial charge in [0.2, 0.25) is 0 Å². The van der Waals surface area contributed by atoms with Crippen LogP contribution in [0.5, 0.6) is 5.75 Å². The van der Waals surface area contributed by atoms with Crippen LogP contribution in [-0.4, -0.2) is 37.4 Å². The minimum Gasteiger partial charge on any atom is -0.658 e. The summed E-state index contributed by atoms with van der Waals surface area (Å²) in [5, 5.41) is 4.59. The van der Waals surface area contributed by atoms with Crippen LogP contribution in [-0.2, 0) is 6.54 Å². The van der Waals surface area contributed by atoms with Gasteiger partial charge in [-0.1, -0.05) is 50.3 Å². The second-order valence-electron chi connectivity index (χ2n) is 7.65. The molecule has 1 aromatic carbocycles. The Hall–Kier alpha value is -1.27. The van der Waals surface area contributed by atoms with E-state index in [-0.39, 0.29) is 5.75 Å². The Morgan fingerprint density at radius 1 is 1.19 bits per heavy atom. The standard InChI is InChI=1S/C20H28F3N2O/c1-3-14(4-2)11-25-12-18-17(19(18)13-25)10-24-9-15-6-5-7-16(8-15)26-20(21,22)23/h5-8,14,17-19H,3-4,9-13H2,1-2H3/q-1. The summed E-state index contributed by atoms with van der Waals surface area (Å²) in [5.41, 5.74) is 0.757. The zero-order valence-corrected chi connectivity index (χ0v) is 15.5. The van der Waals surface area contributed by atoms with Gasteiger partial charge in [-0.3, -0.25) is 0 Å². The molecule has 3 nitrogen and oxygen atoms in total. The third-order valence-corrected chi connectivity index (χ3v) is 5.88. The summed E-state index contributed by atoms with van der Waals surface area (Å²) in [6, 6.07) is 6.10. The molecule has 0 spiro atoms. The topological polar surface area (TPSA) is 26.6 Å². The predicted octanol–water partition coefficient (Wildman–Crippen LogP) is 5.07. The van der Waals surface area contributed by atoms with Gasteiger partial charge in [0, 0.05) is 19.6 Å². The number of fused-ring (bicyclic) bond motifs is 1. The zero-order chi connectivity index (χ0) is 18.7. The van der Waals surface area contributed by atoms with Gasteiger partial charge in [0.1, 0.15) is 5.75 Å². The van der Waals surface area contributed by atoms with E-state index >= 15 is 0 Å². The molecule has 146 valence electrons. The van der Waals surface area contributed by atoms with Crippen molar-refractivity contribution in [3.8, 4) is 5.75 Å². The number of alkyl halides is 3. The molecule has 2 fully saturated rings. The van der Waals surface area contributed by atoms with Crippen LogP contribution in [0.15, 0.2) is 24.3 Å². The summed E-state index contributed by atoms with van der Waals surface area (Å²) >= 11 is 0. The third kappa shape index (κ3) is 5.13. The van der Waals surface area contributed by atoms with Crippen LogP contribution in [0.1, 0.15) is 32.3 Å². The molecule has 1 aliphatic carbocycles. The molecule has 0 aromatic heterocycles. The van der Waals surface area contributed by atoms with E-state index in [1.807, 2.05) is 0 Å². The van der Waals surface area contributed by atoms with Crippen LogP contribution >= 0.6 is 0 Å². The van der Waals surface area contributed by atoms with E-state index in [2.05, 4.69) is 28.8 Å². The summed E-state index contributed by atoms with van der Waals surface area (Å²) in [7, 11) is 0. The fourth-order valence-electron chi connectivity index (χ4n) is 4.25. The van der Waals surface area contributed by atoms with Crippen molar-refractivity contribution in [2.45, 2.75) is 39.6 Å². The van der Waals surface area contributed by atoms with Gasteiger partial charge in [0.15, 0.2) is 0 Å². The molecule has 0 radical (unpaired) electrons. The molecule has 0 N–H and O–H groups in total. The highest BCUT2D eigenvalue weighted by atomic mass is 19.4. The quantitative estimate of drug-likeness (QED) is 0.607. The van der Waals surface area contributed by atoms with E-state index in [0.29, 0.717) is 12.5 Å². The maximum atomic E-state index is 12.3. The second-order valence-corrected chi connectivity index (χ2v) is 7.65. The van der Waals surface area contributed by atoms with Crippen LogP contribution < -0.4 is 4.74 Å². The first-order valence-electron chi connectivity index (χ1n) is 9.59. The summed E-state index contributed by atoms with van der Waals surface area (Å²) < 4.78 is 40.8. The molecule has 2 atom stereocenters. The van der Waals surface area contributed by atoms with Crippen LogP contribution in [0.4, 0.5) is 13.2 Å². The van der Waals surface area contributed by atoms with E-state index < -0.39 is 6.36 Å². The zero-order valence-electron chi connectivity index (χ0n) is 15.5. The van der Waals surface area contributed by atoms with Gasteiger partial charge in [-0.15, -0.1) is 26.3 Å². The number of ether oxygens (including phenoxy) is 1. The Balaban J connectivity index is 1.37. The monoisotopic (exact) mass is 369 g/mol. The molecule has 1 heterocycles. The van der Waals surface area contributed by atoms with Crippen LogP contribution in [0.25, 0.3) is 5.32 Å². The van der Waals surface area contributed by atoms with Gasteiger partial charge < -0.3 is 15.0 Å². The SMILES string of the molecule is CCC(CC)CN1CC2C(C[N-]Cc3cccc(OC(F)(F)F)c3)C2C1. The molecule has 1 saturated heterocycles. The Labute approximate surface area is 153 Å². The van der Waals surface area contributed by atoms with Crippen molar-refractivity contribution in [2.75, 3.05) is 26.2 Å². The van der Waals surface area contributed by atoms with E-state index in [4.69, 9.17) is 0 Å². The van der Waals surface area contributed by atoms with Crippen LogP contribution in [0, 0.1) is 23.7 Å². The molecule has 6 heteroatoms. The summed E-state index contributed by atoms with van der Waals surface area (Å²) in [5.74, 6) is 2.84. The number of hydrogen-bond donors (Lipinski definition) is 0. The highest BCUT2D eigenvalue weighted by Crippen LogP contribution is 2.52. The van der Waals surface area contributed by atoms with Gasteiger partial charge >= 0.3 is 6.36 Å². The lowest BCUT2D eigenvalue weighted by molar-refractivity contribution is -0.274. The van der Waals surface area contributed by atoms with Crippen molar-refractivity contribution in [3.63, 3.8) is 0 Å². The first-order chi connectivity index (χ1) is 12.4. The van der Waals surface area contributed by atoms with Crippen molar-refractivity contribution >= 4 is 0 Å². The van der Waals surface area contributed by atoms with Gasteiger partial charge in [0.25, 0.3) is 0 Å². The first kappa shape index (κ1) is 19.5. The molecular weight excluding hydrogens is 341 g/mol. The average molecular weight is 369 g/mol. The van der Waals surface area contributed by atoms with Gasteiger partial charge in [-0.25, -0.2) is 0 Å². The number of likely N-dealkylation sites (tertiary alicyclic amines) is 1. The molecule has 26 heavy (non-hydrogen) atoms. The number of hydrogen-bond acceptors (Lipinski definition) is 2. The average Bonchev–Trinajstić information content (AvgIpc) is 3.03. The third-order valence-electron chi connectivity index (χ3n) is 5.88. The Kier molecular flexibility index (Phi) is 6.13. The van der Waals surface area contributed by atoms with Gasteiger partial charge in [-0.2, -0.15) is 0 Å².